The summed E-state index contributed by atoms with van der Waals surface area (Å²) < 4.78 is 11.5. The minimum atomic E-state index is -0.0536. The summed E-state index contributed by atoms with van der Waals surface area (Å²) in [4.78, 5) is 14.9. The van der Waals surface area contributed by atoms with Gasteiger partial charge in [-0.1, -0.05) is 24.8 Å². The Kier molecular flexibility index (Phi) is 5.23. The normalized spacial score (nSPS) is 10.6. The average Bonchev–Trinajstić information content (AvgIpc) is 2.65. The third-order valence-corrected chi connectivity index (χ3v) is 4.06. The molecule has 3 rings (SSSR count). The summed E-state index contributed by atoms with van der Waals surface area (Å²) >= 11 is 0. The molecule has 0 aliphatic rings. The van der Waals surface area contributed by atoms with Crippen molar-refractivity contribution in [2.75, 3.05) is 24.6 Å². The molecule has 3 aromatic rings. The van der Waals surface area contributed by atoms with Crippen LogP contribution < -0.4 is 15.1 Å². The fraction of sp³-hybridized carbons (Fsp3) is 0.136. The van der Waals surface area contributed by atoms with E-state index in [1.807, 2.05) is 24.3 Å². The van der Waals surface area contributed by atoms with E-state index in [4.69, 9.17) is 9.15 Å². The minimum Gasteiger partial charge on any atom is -0.489 e. The van der Waals surface area contributed by atoms with Crippen LogP contribution in [0.1, 0.15) is 0 Å². The van der Waals surface area contributed by atoms with Crippen LogP contribution in [0.3, 0.4) is 0 Å². The van der Waals surface area contributed by atoms with Gasteiger partial charge in [0.25, 0.3) is 0 Å². The number of nitrogens with zero attached hydrogens (tertiary/aromatic N) is 1. The molecule has 0 N–H and O–H groups in total. The Morgan fingerprint density at radius 3 is 2.23 bits per heavy atom. The molecule has 0 aliphatic heterocycles. The molecule has 0 spiro atoms. The molecule has 26 heavy (non-hydrogen) atoms. The van der Waals surface area contributed by atoms with Gasteiger partial charge in [-0.2, -0.15) is 0 Å². The molecule has 132 valence electrons. The summed E-state index contributed by atoms with van der Waals surface area (Å²) in [5.74, 6) is 0.635. The molecular weight excluding hydrogens is 326 g/mol. The molecule has 0 radical (unpaired) electrons. The van der Waals surface area contributed by atoms with Gasteiger partial charge in [0.1, 0.15) is 23.5 Å². The highest BCUT2D eigenvalue weighted by molar-refractivity contribution is 5.91. The van der Waals surface area contributed by atoms with E-state index in [1.165, 1.54) is 0 Å². The summed E-state index contributed by atoms with van der Waals surface area (Å²) in [6.45, 7) is 13.0. The van der Waals surface area contributed by atoms with E-state index in [0.29, 0.717) is 47.4 Å². The first kappa shape index (κ1) is 17.5. The number of rotatable bonds is 8. The van der Waals surface area contributed by atoms with Crippen LogP contribution >= 0.6 is 0 Å². The fourth-order valence-electron chi connectivity index (χ4n) is 2.86. The molecule has 0 saturated carbocycles. The lowest BCUT2D eigenvalue weighted by Gasteiger charge is -2.21. The van der Waals surface area contributed by atoms with Crippen molar-refractivity contribution in [1.29, 1.82) is 0 Å². The Morgan fingerprint density at radius 2 is 1.58 bits per heavy atom. The fourth-order valence-corrected chi connectivity index (χ4v) is 2.86. The molecule has 1 aromatic heterocycles. The number of hydrogen-bond acceptors (Lipinski definition) is 4. The summed E-state index contributed by atoms with van der Waals surface area (Å²) in [6, 6.07) is 10.8. The second-order valence-electron chi connectivity index (χ2n) is 5.85. The third kappa shape index (κ3) is 3.40. The predicted molar refractivity (Wildman–Crippen MR) is 108 cm³/mol. The second-order valence-corrected chi connectivity index (χ2v) is 5.85. The lowest BCUT2D eigenvalue weighted by atomic mass is 10.1. The van der Waals surface area contributed by atoms with Crippen molar-refractivity contribution in [2.45, 2.75) is 0 Å². The van der Waals surface area contributed by atoms with E-state index >= 15 is 0 Å². The zero-order valence-corrected chi connectivity index (χ0v) is 14.6. The van der Waals surface area contributed by atoms with Crippen molar-refractivity contribution >= 4 is 27.6 Å². The van der Waals surface area contributed by atoms with Crippen LogP contribution in [0, 0.1) is 0 Å². The van der Waals surface area contributed by atoms with Crippen LogP contribution in [-0.2, 0) is 0 Å². The maximum absolute atomic E-state index is 12.8. The van der Waals surface area contributed by atoms with Gasteiger partial charge in [0, 0.05) is 30.9 Å². The Labute approximate surface area is 152 Å². The van der Waals surface area contributed by atoms with Gasteiger partial charge in [0.2, 0.25) is 5.43 Å². The monoisotopic (exact) mass is 347 g/mol. The van der Waals surface area contributed by atoms with Gasteiger partial charge < -0.3 is 14.1 Å². The molecule has 0 aliphatic carbocycles. The first-order chi connectivity index (χ1) is 12.7. The molecule has 0 unspecified atom stereocenters. The topological polar surface area (TPSA) is 42.7 Å². The summed E-state index contributed by atoms with van der Waals surface area (Å²) in [7, 11) is 0. The van der Waals surface area contributed by atoms with Crippen LogP contribution in [0.15, 0.2) is 83.6 Å². The number of fused-ring (bicyclic) bond motifs is 2. The van der Waals surface area contributed by atoms with Crippen LogP contribution in [0.5, 0.6) is 5.75 Å². The number of anilines is 1. The molecule has 0 bridgehead atoms. The average molecular weight is 347 g/mol. The van der Waals surface area contributed by atoms with Crippen LogP contribution in [0.25, 0.3) is 21.9 Å². The molecule has 4 nitrogen and oxygen atoms in total. The third-order valence-electron chi connectivity index (χ3n) is 4.06. The van der Waals surface area contributed by atoms with Crippen molar-refractivity contribution in [3.63, 3.8) is 0 Å². The van der Waals surface area contributed by atoms with Crippen LogP contribution in [0.4, 0.5) is 5.69 Å². The maximum atomic E-state index is 12.8. The van der Waals surface area contributed by atoms with Gasteiger partial charge in [-0.25, -0.2) is 0 Å². The predicted octanol–water partition coefficient (Wildman–Crippen LogP) is 4.69. The van der Waals surface area contributed by atoms with E-state index in [2.05, 4.69) is 24.6 Å². The highest BCUT2D eigenvalue weighted by Gasteiger charge is 2.11. The number of hydrogen-bond donors (Lipinski definition) is 0. The zero-order valence-electron chi connectivity index (χ0n) is 14.6. The maximum Gasteiger partial charge on any atom is 0.200 e. The first-order valence-electron chi connectivity index (χ1n) is 8.39. The molecule has 0 atom stereocenters. The smallest absolute Gasteiger partial charge is 0.200 e. The minimum absolute atomic E-state index is 0.0536. The van der Waals surface area contributed by atoms with Gasteiger partial charge in [-0.05, 0) is 24.3 Å². The molecule has 0 saturated heterocycles. The standard InChI is InChI=1S/C22H21NO3/c1-4-11-23(12-5-2)16-7-9-18-20(14-16)26-21-15-17(25-13-6-3)8-10-19(21)22(18)24/h4-10,14-15H,1-3,11-13H2. The van der Waals surface area contributed by atoms with Crippen molar-refractivity contribution < 1.29 is 9.15 Å². The Hall–Kier alpha value is -3.27. The quantitative estimate of drug-likeness (QED) is 0.438. The molecule has 0 amide bonds. The Morgan fingerprint density at radius 1 is 0.923 bits per heavy atom. The van der Waals surface area contributed by atoms with E-state index < -0.39 is 0 Å². The van der Waals surface area contributed by atoms with Gasteiger partial charge in [-0.15, -0.1) is 13.2 Å². The van der Waals surface area contributed by atoms with Gasteiger partial charge >= 0.3 is 0 Å². The van der Waals surface area contributed by atoms with Crippen molar-refractivity contribution in [2.24, 2.45) is 0 Å². The van der Waals surface area contributed by atoms with Crippen molar-refractivity contribution in [3.8, 4) is 5.75 Å². The van der Waals surface area contributed by atoms with Gasteiger partial charge in [0.15, 0.2) is 0 Å². The van der Waals surface area contributed by atoms with Crippen LogP contribution in [0.2, 0.25) is 0 Å². The lowest BCUT2D eigenvalue weighted by Crippen LogP contribution is -2.23. The SMILES string of the molecule is C=CCOc1ccc2c(=O)c3ccc(N(CC=C)CC=C)cc3oc2c1. The van der Waals surface area contributed by atoms with E-state index in [0.717, 1.165) is 5.69 Å². The van der Waals surface area contributed by atoms with Crippen molar-refractivity contribution in [3.05, 3.63) is 84.6 Å². The van der Waals surface area contributed by atoms with Crippen LogP contribution in [-0.4, -0.2) is 19.7 Å². The molecule has 1 heterocycles. The summed E-state index contributed by atoms with van der Waals surface area (Å²) in [6.07, 6.45) is 5.32. The number of benzene rings is 2. The lowest BCUT2D eigenvalue weighted by molar-refractivity contribution is 0.363. The Bertz CT molecular complexity index is 1020. The van der Waals surface area contributed by atoms with E-state index in [1.54, 1.807) is 30.3 Å². The van der Waals surface area contributed by atoms with Crippen molar-refractivity contribution in [1.82, 2.24) is 0 Å². The number of ether oxygens (including phenoxy) is 1. The molecule has 2 aromatic carbocycles. The molecule has 0 fully saturated rings. The molecule has 4 heteroatoms. The second kappa shape index (κ2) is 7.74. The van der Waals surface area contributed by atoms with Gasteiger partial charge in [-0.3, -0.25) is 4.79 Å². The highest BCUT2D eigenvalue weighted by Crippen LogP contribution is 2.26. The first-order valence-corrected chi connectivity index (χ1v) is 8.39. The summed E-state index contributed by atoms with van der Waals surface area (Å²) in [5, 5.41) is 1.09. The zero-order chi connectivity index (χ0) is 18.5. The molecular formula is C22H21NO3. The largest absolute Gasteiger partial charge is 0.489 e. The Balaban J connectivity index is 2.13. The van der Waals surface area contributed by atoms with E-state index in [-0.39, 0.29) is 5.43 Å². The van der Waals surface area contributed by atoms with E-state index in [9.17, 15) is 4.79 Å². The van der Waals surface area contributed by atoms with Gasteiger partial charge in [0.05, 0.1) is 10.8 Å². The highest BCUT2D eigenvalue weighted by atomic mass is 16.5. The summed E-state index contributed by atoms with van der Waals surface area (Å²) in [5.41, 5.74) is 1.93.